The Bertz CT molecular complexity index is 2650. The highest BCUT2D eigenvalue weighted by molar-refractivity contribution is 7.25. The molecule has 10 rings (SSSR count). The van der Waals surface area contributed by atoms with Crippen LogP contribution in [-0.2, 0) is 5.41 Å². The third kappa shape index (κ3) is 4.39. The van der Waals surface area contributed by atoms with Crippen molar-refractivity contribution in [1.82, 2.24) is 15.0 Å². The van der Waals surface area contributed by atoms with Crippen molar-refractivity contribution in [3.05, 3.63) is 198 Å². The Hall–Kier alpha value is -6.23. The summed E-state index contributed by atoms with van der Waals surface area (Å²) >= 11 is 1.82. The van der Waals surface area contributed by atoms with Crippen LogP contribution >= 0.6 is 11.3 Å². The van der Waals surface area contributed by atoms with E-state index in [9.17, 15) is 0 Å². The van der Waals surface area contributed by atoms with Gasteiger partial charge in [0, 0.05) is 31.3 Å². The van der Waals surface area contributed by atoms with Crippen molar-refractivity contribution < 1.29 is 0 Å². The van der Waals surface area contributed by atoms with E-state index in [1.165, 1.54) is 48.0 Å². The number of thiophene rings is 1. The molecule has 50 heavy (non-hydrogen) atoms. The van der Waals surface area contributed by atoms with E-state index in [1.807, 2.05) is 17.4 Å². The molecule has 1 aliphatic carbocycles. The van der Waals surface area contributed by atoms with Gasteiger partial charge in [0.05, 0.1) is 0 Å². The van der Waals surface area contributed by atoms with Crippen LogP contribution in [0.5, 0.6) is 0 Å². The third-order valence-corrected chi connectivity index (χ3v) is 11.2. The Balaban J connectivity index is 1.26. The number of benzene rings is 7. The van der Waals surface area contributed by atoms with Crippen molar-refractivity contribution in [3.63, 3.8) is 0 Å². The van der Waals surface area contributed by atoms with Crippen molar-refractivity contribution >= 4 is 31.5 Å². The Morgan fingerprint density at radius 1 is 0.380 bits per heavy atom. The van der Waals surface area contributed by atoms with Gasteiger partial charge in [0.15, 0.2) is 17.5 Å². The Labute approximate surface area is 294 Å². The number of hydrogen-bond acceptors (Lipinski definition) is 4. The van der Waals surface area contributed by atoms with Gasteiger partial charge >= 0.3 is 0 Å². The number of nitrogens with zero attached hydrogens (tertiary/aromatic N) is 3. The van der Waals surface area contributed by atoms with Gasteiger partial charge in [-0.25, -0.2) is 15.0 Å². The first kappa shape index (κ1) is 28.8. The molecule has 0 bridgehead atoms. The van der Waals surface area contributed by atoms with E-state index in [4.69, 9.17) is 15.0 Å². The molecule has 7 aromatic carbocycles. The number of fused-ring (bicyclic) bond motifs is 6. The van der Waals surface area contributed by atoms with Crippen LogP contribution in [0.1, 0.15) is 22.5 Å². The molecule has 0 N–H and O–H groups in total. The summed E-state index contributed by atoms with van der Waals surface area (Å²) in [5.74, 6) is 2.02. The van der Waals surface area contributed by atoms with E-state index in [-0.39, 0.29) is 0 Å². The van der Waals surface area contributed by atoms with Gasteiger partial charge in [-0.15, -0.1) is 11.3 Å². The van der Waals surface area contributed by atoms with E-state index < -0.39 is 5.41 Å². The maximum atomic E-state index is 5.48. The summed E-state index contributed by atoms with van der Waals surface area (Å²) in [7, 11) is 0. The van der Waals surface area contributed by atoms with Gasteiger partial charge in [-0.2, -0.15) is 0 Å². The zero-order valence-electron chi connectivity index (χ0n) is 27.0. The molecule has 3 nitrogen and oxygen atoms in total. The molecule has 1 aliphatic rings. The highest BCUT2D eigenvalue weighted by Crippen LogP contribution is 2.55. The first-order valence-electron chi connectivity index (χ1n) is 16.9. The lowest BCUT2D eigenvalue weighted by Crippen LogP contribution is -2.31. The monoisotopic (exact) mass is 655 g/mol. The normalized spacial score (nSPS) is 13.0. The van der Waals surface area contributed by atoms with Gasteiger partial charge in [0.2, 0.25) is 0 Å². The maximum absolute atomic E-state index is 5.48. The van der Waals surface area contributed by atoms with Crippen molar-refractivity contribution in [1.29, 1.82) is 0 Å². The zero-order valence-corrected chi connectivity index (χ0v) is 27.8. The third-order valence-electron chi connectivity index (χ3n) is 10.0. The minimum atomic E-state index is -0.746. The summed E-state index contributed by atoms with van der Waals surface area (Å²) in [6.07, 6.45) is 0. The molecule has 9 aromatic rings. The van der Waals surface area contributed by atoms with Crippen LogP contribution in [-0.4, -0.2) is 15.0 Å². The SMILES string of the molecule is c1ccc(-c2ccc(-c3nc(-c4ccc5sc6ccccc6c5c4)nc(C4(c5ccccc5)c5ccccc5-c5ccccc54)n3)cc2)cc1. The first-order valence-corrected chi connectivity index (χ1v) is 17.7. The van der Waals surface area contributed by atoms with E-state index >= 15 is 0 Å². The second kappa shape index (κ2) is 11.4. The van der Waals surface area contributed by atoms with E-state index in [0.717, 1.165) is 22.3 Å². The van der Waals surface area contributed by atoms with Crippen LogP contribution in [0.2, 0.25) is 0 Å². The number of aromatic nitrogens is 3. The second-order valence-corrected chi connectivity index (χ2v) is 13.8. The van der Waals surface area contributed by atoms with Crippen LogP contribution in [0.3, 0.4) is 0 Å². The van der Waals surface area contributed by atoms with Crippen molar-refractivity contribution in [2.24, 2.45) is 0 Å². The molecule has 0 saturated carbocycles. The van der Waals surface area contributed by atoms with Crippen molar-refractivity contribution in [2.75, 3.05) is 0 Å². The Kier molecular flexibility index (Phi) is 6.58. The van der Waals surface area contributed by atoms with Gasteiger partial charge in [-0.3, -0.25) is 0 Å². The molecular weight excluding hydrogens is 627 g/mol. The average Bonchev–Trinajstić information content (AvgIpc) is 3.72. The summed E-state index contributed by atoms with van der Waals surface area (Å²) in [5, 5.41) is 2.47. The minimum Gasteiger partial charge on any atom is -0.211 e. The largest absolute Gasteiger partial charge is 0.211 e. The molecule has 0 aliphatic heterocycles. The van der Waals surface area contributed by atoms with Crippen LogP contribution in [0, 0.1) is 0 Å². The lowest BCUT2D eigenvalue weighted by atomic mass is 9.71. The number of hydrogen-bond donors (Lipinski definition) is 0. The molecule has 4 heteroatoms. The first-order chi connectivity index (χ1) is 24.8. The van der Waals surface area contributed by atoms with E-state index in [2.05, 4.69) is 170 Å². The molecule has 0 unspecified atom stereocenters. The van der Waals surface area contributed by atoms with Crippen LogP contribution in [0.15, 0.2) is 176 Å². The topological polar surface area (TPSA) is 38.7 Å². The minimum absolute atomic E-state index is 0.650. The van der Waals surface area contributed by atoms with Gasteiger partial charge in [-0.1, -0.05) is 152 Å². The predicted octanol–water partition coefficient (Wildman–Crippen LogP) is 11.6. The lowest BCUT2D eigenvalue weighted by molar-refractivity contribution is 0.692. The molecule has 0 radical (unpaired) electrons. The quantitative estimate of drug-likeness (QED) is 0.185. The molecule has 0 atom stereocenters. The smallest absolute Gasteiger partial charge is 0.163 e. The average molecular weight is 656 g/mol. The van der Waals surface area contributed by atoms with Gasteiger partial charge in [0.25, 0.3) is 0 Å². The Morgan fingerprint density at radius 2 is 0.900 bits per heavy atom. The summed E-state index contributed by atoms with van der Waals surface area (Å²) in [5.41, 5.74) is 9.37. The summed E-state index contributed by atoms with van der Waals surface area (Å²) < 4.78 is 2.53. The fourth-order valence-corrected chi connectivity index (χ4v) is 8.80. The van der Waals surface area contributed by atoms with Crippen LogP contribution in [0.4, 0.5) is 0 Å². The molecule has 0 amide bonds. The van der Waals surface area contributed by atoms with Gasteiger partial charge < -0.3 is 0 Å². The standard InChI is InChI=1S/C46H29N3S/c1-3-13-30(14-4-1)31-23-25-32(26-24-31)43-47-44(33-27-28-42-38(29-33)37-19-9-12-22-41(37)50-42)49-45(48-43)46(34-15-5-2-6-16-34)39-20-10-7-17-35(39)36-18-8-11-21-40(36)46/h1-29H. The van der Waals surface area contributed by atoms with Crippen LogP contribution in [0.25, 0.3) is 65.2 Å². The molecule has 0 spiro atoms. The fourth-order valence-electron chi connectivity index (χ4n) is 7.71. The molecular formula is C46H29N3S. The van der Waals surface area contributed by atoms with E-state index in [1.54, 1.807) is 0 Å². The Morgan fingerprint density at radius 3 is 1.62 bits per heavy atom. The highest BCUT2D eigenvalue weighted by atomic mass is 32.1. The highest BCUT2D eigenvalue weighted by Gasteiger charge is 2.48. The van der Waals surface area contributed by atoms with E-state index in [0.29, 0.717) is 17.5 Å². The molecule has 2 heterocycles. The lowest BCUT2D eigenvalue weighted by Gasteiger charge is -2.32. The second-order valence-electron chi connectivity index (χ2n) is 12.8. The van der Waals surface area contributed by atoms with Crippen LogP contribution < -0.4 is 0 Å². The summed E-state index contributed by atoms with van der Waals surface area (Å²) in [6, 6.07) is 62.4. The molecule has 2 aromatic heterocycles. The fraction of sp³-hybridized carbons (Fsp3) is 0.0217. The van der Waals surface area contributed by atoms with Gasteiger partial charge in [0.1, 0.15) is 5.41 Å². The maximum Gasteiger partial charge on any atom is 0.163 e. The molecule has 234 valence electrons. The zero-order chi connectivity index (χ0) is 33.1. The van der Waals surface area contributed by atoms with Crippen molar-refractivity contribution in [2.45, 2.75) is 5.41 Å². The molecule has 0 fully saturated rings. The number of rotatable bonds is 5. The summed E-state index contributed by atoms with van der Waals surface area (Å²) in [6.45, 7) is 0. The molecule has 0 saturated heterocycles. The summed E-state index contributed by atoms with van der Waals surface area (Å²) in [4.78, 5) is 16.2. The van der Waals surface area contributed by atoms with Crippen molar-refractivity contribution in [3.8, 4) is 45.0 Å². The predicted molar refractivity (Wildman–Crippen MR) is 206 cm³/mol. The van der Waals surface area contributed by atoms with Gasteiger partial charge in [-0.05, 0) is 63.2 Å².